The summed E-state index contributed by atoms with van der Waals surface area (Å²) in [4.78, 5) is 14.6. The normalized spacial score (nSPS) is 11.0. The molecule has 0 aliphatic rings. The van der Waals surface area contributed by atoms with Crippen molar-refractivity contribution in [1.29, 1.82) is 0 Å². The number of hydrogen-bond donors (Lipinski definition) is 2. The maximum atomic E-state index is 13.7. The van der Waals surface area contributed by atoms with Crippen molar-refractivity contribution in [1.82, 2.24) is 19.9 Å². The van der Waals surface area contributed by atoms with Crippen LogP contribution in [0.1, 0.15) is 0 Å². The second-order valence-electron chi connectivity index (χ2n) is 3.68. The molecule has 5 nitrogen and oxygen atoms in total. The number of nitrogens with one attached hydrogen (secondary N) is 1. The molecule has 0 atom stereocenters. The molecule has 3 aromatic rings. The molecule has 0 spiro atoms. The van der Waals surface area contributed by atoms with Gasteiger partial charge in [0.25, 0.3) is 0 Å². The standard InChI is InChI=1S/C11H7BrFN5/c12-9-1-5-6(2-15-8(5)4-16-9)10-7(13)3-17-11(14)18-10/h1-4,15H,(H2,14,17,18). The van der Waals surface area contributed by atoms with Gasteiger partial charge in [-0.15, -0.1) is 0 Å². The van der Waals surface area contributed by atoms with Crippen LogP contribution in [0.25, 0.3) is 22.2 Å². The Balaban J connectivity index is 2.31. The van der Waals surface area contributed by atoms with E-state index in [9.17, 15) is 4.39 Å². The fourth-order valence-electron chi connectivity index (χ4n) is 1.76. The Morgan fingerprint density at radius 3 is 2.94 bits per heavy atom. The summed E-state index contributed by atoms with van der Waals surface area (Å²) < 4.78 is 14.4. The van der Waals surface area contributed by atoms with Gasteiger partial charge in [0.05, 0.1) is 17.9 Å². The Hall–Kier alpha value is -2.02. The first-order valence-electron chi connectivity index (χ1n) is 5.06. The van der Waals surface area contributed by atoms with E-state index < -0.39 is 5.82 Å². The molecular weight excluding hydrogens is 301 g/mol. The largest absolute Gasteiger partial charge is 0.368 e. The summed E-state index contributed by atoms with van der Waals surface area (Å²) in [6.07, 6.45) is 4.39. The average Bonchev–Trinajstić information content (AvgIpc) is 2.75. The summed E-state index contributed by atoms with van der Waals surface area (Å²) in [5.74, 6) is -0.480. The summed E-state index contributed by atoms with van der Waals surface area (Å²) in [5.41, 5.74) is 7.08. The molecule has 90 valence electrons. The zero-order chi connectivity index (χ0) is 12.7. The number of nitrogens with two attached hydrogens (primary N) is 1. The van der Waals surface area contributed by atoms with E-state index in [0.29, 0.717) is 10.2 Å². The van der Waals surface area contributed by atoms with Crippen LogP contribution in [0.4, 0.5) is 10.3 Å². The van der Waals surface area contributed by atoms with E-state index in [1.165, 1.54) is 0 Å². The van der Waals surface area contributed by atoms with Gasteiger partial charge in [0.15, 0.2) is 5.82 Å². The van der Waals surface area contributed by atoms with Gasteiger partial charge in [0.2, 0.25) is 5.95 Å². The zero-order valence-electron chi connectivity index (χ0n) is 8.98. The molecule has 0 unspecified atom stereocenters. The highest BCUT2D eigenvalue weighted by Gasteiger charge is 2.13. The van der Waals surface area contributed by atoms with Crippen LogP contribution < -0.4 is 5.73 Å². The maximum absolute atomic E-state index is 13.7. The quantitative estimate of drug-likeness (QED) is 0.677. The third kappa shape index (κ3) is 1.72. The van der Waals surface area contributed by atoms with Gasteiger partial charge in [0.1, 0.15) is 10.3 Å². The third-order valence-corrected chi connectivity index (χ3v) is 2.98. The molecule has 0 saturated carbocycles. The number of nitrogen functional groups attached to an aromatic ring is 1. The molecule has 0 saturated heterocycles. The number of anilines is 1. The van der Waals surface area contributed by atoms with Crippen LogP contribution in [0.3, 0.4) is 0 Å². The molecule has 3 heterocycles. The Kier molecular flexibility index (Phi) is 2.48. The highest BCUT2D eigenvalue weighted by atomic mass is 79.9. The lowest BCUT2D eigenvalue weighted by Crippen LogP contribution is -1.98. The second kappa shape index (κ2) is 4.02. The van der Waals surface area contributed by atoms with Gasteiger partial charge in [-0.2, -0.15) is 0 Å². The van der Waals surface area contributed by atoms with E-state index in [4.69, 9.17) is 5.73 Å². The van der Waals surface area contributed by atoms with Crippen molar-refractivity contribution >= 4 is 32.8 Å². The summed E-state index contributed by atoms with van der Waals surface area (Å²) in [7, 11) is 0. The van der Waals surface area contributed by atoms with Crippen LogP contribution in [0.2, 0.25) is 0 Å². The highest BCUT2D eigenvalue weighted by molar-refractivity contribution is 9.10. The lowest BCUT2D eigenvalue weighted by atomic mass is 10.1. The first-order valence-corrected chi connectivity index (χ1v) is 5.85. The zero-order valence-corrected chi connectivity index (χ0v) is 10.6. The number of hydrogen-bond acceptors (Lipinski definition) is 4. The molecule has 0 amide bonds. The van der Waals surface area contributed by atoms with Gasteiger partial charge in [0, 0.05) is 17.1 Å². The Bertz CT molecular complexity index is 739. The Morgan fingerprint density at radius 1 is 1.28 bits per heavy atom. The maximum Gasteiger partial charge on any atom is 0.220 e. The van der Waals surface area contributed by atoms with E-state index in [1.807, 2.05) is 0 Å². The smallest absolute Gasteiger partial charge is 0.220 e. The van der Waals surface area contributed by atoms with E-state index in [-0.39, 0.29) is 11.6 Å². The average molecular weight is 308 g/mol. The molecule has 18 heavy (non-hydrogen) atoms. The molecule has 0 aromatic carbocycles. The minimum atomic E-state index is -0.516. The van der Waals surface area contributed by atoms with E-state index in [1.54, 1.807) is 18.5 Å². The van der Waals surface area contributed by atoms with Crippen LogP contribution in [0.15, 0.2) is 29.3 Å². The molecule has 0 aliphatic carbocycles. The second-order valence-corrected chi connectivity index (χ2v) is 4.49. The minimum Gasteiger partial charge on any atom is -0.368 e. The van der Waals surface area contributed by atoms with E-state index in [2.05, 4.69) is 35.9 Å². The molecule has 0 aliphatic heterocycles. The first kappa shape index (κ1) is 11.1. The Labute approximate surface area is 109 Å². The van der Waals surface area contributed by atoms with Gasteiger partial charge >= 0.3 is 0 Å². The van der Waals surface area contributed by atoms with Crippen LogP contribution in [-0.4, -0.2) is 19.9 Å². The number of aromatic amines is 1. The lowest BCUT2D eigenvalue weighted by Gasteiger charge is -2.01. The number of rotatable bonds is 1. The van der Waals surface area contributed by atoms with Gasteiger partial charge < -0.3 is 10.7 Å². The van der Waals surface area contributed by atoms with E-state index in [0.717, 1.165) is 17.1 Å². The Morgan fingerprint density at radius 2 is 2.11 bits per heavy atom. The summed E-state index contributed by atoms with van der Waals surface area (Å²) in [5, 5.41) is 0.814. The number of halogens is 2. The summed E-state index contributed by atoms with van der Waals surface area (Å²) in [6, 6.07) is 1.79. The van der Waals surface area contributed by atoms with Crippen LogP contribution >= 0.6 is 15.9 Å². The minimum absolute atomic E-state index is 0.0360. The van der Waals surface area contributed by atoms with E-state index >= 15 is 0 Å². The lowest BCUT2D eigenvalue weighted by molar-refractivity contribution is 0.619. The number of pyridine rings is 1. The molecule has 0 radical (unpaired) electrons. The fraction of sp³-hybridized carbons (Fsp3) is 0. The molecular formula is C11H7BrFN5. The SMILES string of the molecule is Nc1ncc(F)c(-c2c[nH]c3cnc(Br)cc23)n1. The number of aromatic nitrogens is 4. The molecule has 3 N–H and O–H groups in total. The number of nitrogens with zero attached hydrogens (tertiary/aromatic N) is 3. The van der Waals surface area contributed by atoms with Crippen molar-refractivity contribution in [2.45, 2.75) is 0 Å². The topological polar surface area (TPSA) is 80.5 Å². The van der Waals surface area contributed by atoms with Crippen LogP contribution in [0.5, 0.6) is 0 Å². The van der Waals surface area contributed by atoms with Crippen molar-refractivity contribution in [2.75, 3.05) is 5.73 Å². The first-order chi connectivity index (χ1) is 8.65. The van der Waals surface area contributed by atoms with Crippen LogP contribution in [0, 0.1) is 5.82 Å². The molecule has 0 bridgehead atoms. The predicted molar refractivity (Wildman–Crippen MR) is 69.2 cm³/mol. The van der Waals surface area contributed by atoms with Crippen molar-refractivity contribution in [3.05, 3.63) is 35.1 Å². The van der Waals surface area contributed by atoms with Crippen molar-refractivity contribution in [3.63, 3.8) is 0 Å². The van der Waals surface area contributed by atoms with Gasteiger partial charge in [-0.1, -0.05) is 0 Å². The van der Waals surface area contributed by atoms with Crippen molar-refractivity contribution in [3.8, 4) is 11.3 Å². The molecule has 0 fully saturated rings. The molecule has 7 heteroatoms. The fourth-order valence-corrected chi connectivity index (χ4v) is 2.09. The van der Waals surface area contributed by atoms with Gasteiger partial charge in [-0.3, -0.25) is 0 Å². The summed E-state index contributed by atoms with van der Waals surface area (Å²) in [6.45, 7) is 0. The van der Waals surface area contributed by atoms with Gasteiger partial charge in [-0.05, 0) is 22.0 Å². The van der Waals surface area contributed by atoms with Crippen LogP contribution in [-0.2, 0) is 0 Å². The number of H-pyrrole nitrogens is 1. The molecule has 3 rings (SSSR count). The van der Waals surface area contributed by atoms with Crippen molar-refractivity contribution < 1.29 is 4.39 Å². The predicted octanol–water partition coefficient (Wildman–Crippen LogP) is 2.50. The highest BCUT2D eigenvalue weighted by Crippen LogP contribution is 2.30. The molecule has 3 aromatic heterocycles. The van der Waals surface area contributed by atoms with Gasteiger partial charge in [-0.25, -0.2) is 19.3 Å². The van der Waals surface area contributed by atoms with Crippen molar-refractivity contribution in [2.24, 2.45) is 0 Å². The monoisotopic (exact) mass is 307 g/mol. The summed E-state index contributed by atoms with van der Waals surface area (Å²) >= 11 is 3.28. The third-order valence-electron chi connectivity index (χ3n) is 2.55. The number of fused-ring (bicyclic) bond motifs is 1.